The number of benzene rings is 5. The minimum absolute atomic E-state index is 0.339. The summed E-state index contributed by atoms with van der Waals surface area (Å²) < 4.78 is 2.48. The lowest BCUT2D eigenvalue weighted by atomic mass is 10.1. The van der Waals surface area contributed by atoms with Gasteiger partial charge in [-0.05, 0) is 51.8 Å². The third-order valence-electron chi connectivity index (χ3n) is 8.05. The van der Waals surface area contributed by atoms with Crippen LogP contribution in [0.25, 0.3) is 27.5 Å². The molecule has 0 amide bonds. The van der Waals surface area contributed by atoms with E-state index in [4.69, 9.17) is 5.41 Å². The van der Waals surface area contributed by atoms with E-state index in [0.717, 1.165) is 6.42 Å². The van der Waals surface area contributed by atoms with Crippen LogP contribution in [0.15, 0.2) is 146 Å². The predicted molar refractivity (Wildman–Crippen MR) is 170 cm³/mol. The van der Waals surface area contributed by atoms with Crippen molar-refractivity contribution in [2.24, 2.45) is 0 Å². The molecule has 0 radical (unpaired) electrons. The quantitative estimate of drug-likeness (QED) is 0.125. The summed E-state index contributed by atoms with van der Waals surface area (Å²) in [7, 11) is -2.62. The lowest BCUT2D eigenvalue weighted by Crippen LogP contribution is -2.69. The van der Waals surface area contributed by atoms with Gasteiger partial charge in [-0.15, -0.1) is 0 Å². The molecule has 6 aromatic rings. The third kappa shape index (κ3) is 4.16. The summed E-state index contributed by atoms with van der Waals surface area (Å²) in [6, 6.07) is 48.8. The van der Waals surface area contributed by atoms with Gasteiger partial charge in [-0.2, -0.15) is 0 Å². The Morgan fingerprint density at radius 1 is 0.667 bits per heavy atom. The Morgan fingerprint density at radius 3 is 1.87 bits per heavy atom. The molecule has 0 unspecified atom stereocenters. The van der Waals surface area contributed by atoms with Crippen LogP contribution < -0.4 is 15.6 Å². The second-order valence-electron chi connectivity index (χ2n) is 10.2. The maximum atomic E-state index is 7.58. The SMILES string of the molecule is C[C@H](C/C=C\C=N)[Si](c1ccccc1)(c1ccccc1)c1cccc2c3ccccc3n(-c3ccccc3)c12. The lowest BCUT2D eigenvalue weighted by Gasteiger charge is -2.39. The van der Waals surface area contributed by atoms with Crippen molar-refractivity contribution in [3.05, 3.63) is 146 Å². The highest BCUT2D eigenvalue weighted by Gasteiger charge is 2.45. The smallest absolute Gasteiger partial charge is 0.154 e. The van der Waals surface area contributed by atoms with Gasteiger partial charge in [-0.25, -0.2) is 0 Å². The minimum Gasteiger partial charge on any atom is -0.309 e. The molecule has 1 atom stereocenters. The molecule has 0 bridgehead atoms. The number of aromatic nitrogens is 1. The fourth-order valence-corrected chi connectivity index (χ4v) is 12.0. The molecular weight excluding hydrogens is 488 g/mol. The monoisotopic (exact) mass is 520 g/mol. The largest absolute Gasteiger partial charge is 0.309 e. The van der Waals surface area contributed by atoms with Crippen molar-refractivity contribution in [2.75, 3.05) is 0 Å². The molecule has 0 aliphatic heterocycles. The first-order valence-electron chi connectivity index (χ1n) is 13.6. The summed E-state index contributed by atoms with van der Waals surface area (Å²) in [6.45, 7) is 2.41. The molecule has 0 aliphatic rings. The Hall–Kier alpha value is -4.47. The maximum absolute atomic E-state index is 7.58. The summed E-state index contributed by atoms with van der Waals surface area (Å²) in [4.78, 5) is 0. The van der Waals surface area contributed by atoms with E-state index in [9.17, 15) is 0 Å². The van der Waals surface area contributed by atoms with E-state index < -0.39 is 8.07 Å². The first-order chi connectivity index (χ1) is 19.3. The molecule has 1 heterocycles. The van der Waals surface area contributed by atoms with E-state index in [1.807, 2.05) is 6.08 Å². The van der Waals surface area contributed by atoms with Gasteiger partial charge in [0.25, 0.3) is 0 Å². The van der Waals surface area contributed by atoms with E-state index in [2.05, 4.69) is 151 Å². The van der Waals surface area contributed by atoms with E-state index in [-0.39, 0.29) is 0 Å². The number of allylic oxidation sites excluding steroid dienone is 2. The van der Waals surface area contributed by atoms with Crippen molar-refractivity contribution in [2.45, 2.75) is 18.9 Å². The zero-order valence-electron chi connectivity index (χ0n) is 22.2. The average Bonchev–Trinajstić information content (AvgIpc) is 3.34. The standard InChI is InChI=1S/C36H32N2Si/c1-28(16-13-14-27-37)39(30-19-7-3-8-20-30,31-21-9-4-10-22-31)35-26-15-24-33-32-23-11-12-25-34(32)38(36(33)35)29-17-5-2-6-18-29/h2-15,17-28,37H,16H2,1H3/b14-13-,37-27?/t28-/m1/s1. The Bertz CT molecular complexity index is 1710. The Kier molecular flexibility index (Phi) is 6.83. The van der Waals surface area contributed by atoms with Crippen molar-refractivity contribution in [3.63, 3.8) is 0 Å². The van der Waals surface area contributed by atoms with E-state index in [0.29, 0.717) is 5.54 Å². The van der Waals surface area contributed by atoms with Gasteiger partial charge in [0.1, 0.15) is 0 Å². The molecule has 0 aliphatic carbocycles. The zero-order chi connectivity index (χ0) is 26.7. The summed E-state index contributed by atoms with van der Waals surface area (Å²) in [5.41, 5.74) is 4.04. The minimum atomic E-state index is -2.62. The highest BCUT2D eigenvalue weighted by Crippen LogP contribution is 2.35. The van der Waals surface area contributed by atoms with E-state index in [1.54, 1.807) is 0 Å². The number of nitrogens with zero attached hydrogens (tertiary/aromatic N) is 1. The molecule has 39 heavy (non-hydrogen) atoms. The highest BCUT2D eigenvalue weighted by molar-refractivity contribution is 7.13. The Morgan fingerprint density at radius 2 is 1.23 bits per heavy atom. The molecule has 0 spiro atoms. The van der Waals surface area contributed by atoms with E-state index in [1.165, 1.54) is 49.3 Å². The van der Waals surface area contributed by atoms with Crippen LogP contribution >= 0.6 is 0 Å². The van der Waals surface area contributed by atoms with Crippen LogP contribution in [-0.4, -0.2) is 18.9 Å². The van der Waals surface area contributed by atoms with Crippen LogP contribution in [0.2, 0.25) is 5.54 Å². The molecular formula is C36H32N2Si. The number of hydrogen-bond donors (Lipinski definition) is 1. The normalized spacial score (nSPS) is 12.7. The maximum Gasteiger partial charge on any atom is 0.154 e. The molecule has 0 fully saturated rings. The third-order valence-corrected chi connectivity index (χ3v) is 13.5. The van der Waals surface area contributed by atoms with Gasteiger partial charge < -0.3 is 9.98 Å². The average molecular weight is 521 g/mol. The first kappa shape index (κ1) is 24.8. The number of nitrogens with one attached hydrogen (secondary N) is 1. The zero-order valence-corrected chi connectivity index (χ0v) is 23.2. The molecule has 3 heteroatoms. The summed E-state index contributed by atoms with van der Waals surface area (Å²) in [5.74, 6) is 0. The fourth-order valence-electron chi connectivity index (χ4n) is 6.42. The number of hydrogen-bond acceptors (Lipinski definition) is 1. The van der Waals surface area contributed by atoms with Crippen molar-refractivity contribution >= 4 is 51.7 Å². The predicted octanol–water partition coefficient (Wildman–Crippen LogP) is 7.24. The Labute approximate surface area is 231 Å². The van der Waals surface area contributed by atoms with Gasteiger partial charge in [-0.1, -0.05) is 128 Å². The van der Waals surface area contributed by atoms with Crippen molar-refractivity contribution in [1.82, 2.24) is 4.57 Å². The van der Waals surface area contributed by atoms with Gasteiger partial charge in [0.05, 0.1) is 11.0 Å². The lowest BCUT2D eigenvalue weighted by molar-refractivity contribution is 0.923. The molecule has 2 nitrogen and oxygen atoms in total. The van der Waals surface area contributed by atoms with Gasteiger partial charge in [0, 0.05) is 22.7 Å². The van der Waals surface area contributed by atoms with Crippen LogP contribution in [0.1, 0.15) is 13.3 Å². The molecule has 1 aromatic heterocycles. The molecule has 1 N–H and O–H groups in total. The molecule has 190 valence electrons. The molecule has 0 saturated heterocycles. The van der Waals surface area contributed by atoms with Crippen LogP contribution in [-0.2, 0) is 0 Å². The van der Waals surface area contributed by atoms with Gasteiger partial charge >= 0.3 is 0 Å². The summed E-state index contributed by atoms with van der Waals surface area (Å²) in [5, 5.41) is 14.4. The van der Waals surface area contributed by atoms with Crippen molar-refractivity contribution in [3.8, 4) is 5.69 Å². The van der Waals surface area contributed by atoms with Crippen LogP contribution in [0.3, 0.4) is 0 Å². The van der Waals surface area contributed by atoms with Gasteiger partial charge in [0.15, 0.2) is 8.07 Å². The summed E-state index contributed by atoms with van der Waals surface area (Å²) >= 11 is 0. The molecule has 6 rings (SSSR count). The van der Waals surface area contributed by atoms with E-state index >= 15 is 0 Å². The van der Waals surface area contributed by atoms with Crippen molar-refractivity contribution < 1.29 is 0 Å². The van der Waals surface area contributed by atoms with Crippen LogP contribution in [0, 0.1) is 5.41 Å². The van der Waals surface area contributed by atoms with Gasteiger partial charge in [0.2, 0.25) is 0 Å². The number of para-hydroxylation sites is 3. The molecule has 0 saturated carbocycles. The van der Waals surface area contributed by atoms with Gasteiger partial charge in [-0.3, -0.25) is 0 Å². The fraction of sp³-hybridized carbons (Fsp3) is 0.0833. The van der Waals surface area contributed by atoms with Crippen molar-refractivity contribution in [1.29, 1.82) is 5.41 Å². The second-order valence-corrected chi connectivity index (χ2v) is 14.5. The topological polar surface area (TPSA) is 28.8 Å². The number of rotatable bonds is 8. The van der Waals surface area contributed by atoms with Crippen LogP contribution in [0.5, 0.6) is 0 Å². The summed E-state index contributed by atoms with van der Waals surface area (Å²) in [6.07, 6.45) is 6.31. The number of fused-ring (bicyclic) bond motifs is 3. The van der Waals surface area contributed by atoms with Crippen LogP contribution in [0.4, 0.5) is 0 Å². The Balaban J connectivity index is 1.81. The molecule has 5 aromatic carbocycles. The first-order valence-corrected chi connectivity index (χ1v) is 15.7. The second kappa shape index (κ2) is 10.7. The highest BCUT2D eigenvalue weighted by atomic mass is 28.3.